The van der Waals surface area contributed by atoms with E-state index in [1.807, 2.05) is 0 Å². The number of Topliss-reactive ketones (excluding diaryl/α,β-unsaturated/α-hetero) is 1. The van der Waals surface area contributed by atoms with Crippen LogP contribution in [-0.4, -0.2) is 37.6 Å². The maximum atomic E-state index is 11.5. The van der Waals surface area contributed by atoms with E-state index in [1.165, 1.54) is 0 Å². The van der Waals surface area contributed by atoms with Crippen molar-refractivity contribution >= 4 is 11.8 Å². The quantitative estimate of drug-likeness (QED) is 0.628. The molecule has 1 fully saturated rings. The van der Waals surface area contributed by atoms with Crippen LogP contribution in [0.15, 0.2) is 0 Å². The summed E-state index contributed by atoms with van der Waals surface area (Å²) >= 11 is 0. The standard InChI is InChI=1S/C13H22N2O4/c1-11-14-8-3-2-5-12(16)6-4-7-13(17)19-18-10-9-15-11/h1,11,14-15H,2-10H2. The van der Waals surface area contributed by atoms with Crippen LogP contribution in [0.3, 0.4) is 0 Å². The zero-order valence-corrected chi connectivity index (χ0v) is 11.2. The first kappa shape index (κ1) is 16.1. The lowest BCUT2D eigenvalue weighted by molar-refractivity contribution is -0.271. The minimum absolute atomic E-state index is 0.184. The van der Waals surface area contributed by atoms with Gasteiger partial charge in [0.2, 0.25) is 0 Å². The van der Waals surface area contributed by atoms with Crippen molar-refractivity contribution in [1.29, 1.82) is 0 Å². The molecule has 0 aliphatic carbocycles. The highest BCUT2D eigenvalue weighted by Crippen LogP contribution is 2.05. The van der Waals surface area contributed by atoms with Crippen molar-refractivity contribution in [3.05, 3.63) is 6.92 Å². The van der Waals surface area contributed by atoms with Gasteiger partial charge in [-0.2, -0.15) is 4.89 Å². The first-order valence-electron chi connectivity index (χ1n) is 6.75. The van der Waals surface area contributed by atoms with Crippen molar-refractivity contribution < 1.29 is 19.4 Å². The fourth-order valence-corrected chi connectivity index (χ4v) is 1.74. The second-order valence-electron chi connectivity index (χ2n) is 4.51. The summed E-state index contributed by atoms with van der Waals surface area (Å²) in [5, 5.41) is 6.05. The van der Waals surface area contributed by atoms with Crippen LogP contribution in [0.1, 0.15) is 38.5 Å². The monoisotopic (exact) mass is 270 g/mol. The third-order valence-corrected chi connectivity index (χ3v) is 2.78. The maximum absolute atomic E-state index is 11.5. The van der Waals surface area contributed by atoms with E-state index in [0.717, 1.165) is 19.4 Å². The maximum Gasteiger partial charge on any atom is 0.342 e. The molecule has 1 saturated heterocycles. The van der Waals surface area contributed by atoms with Gasteiger partial charge in [0.25, 0.3) is 0 Å². The highest BCUT2D eigenvalue weighted by molar-refractivity contribution is 5.79. The van der Waals surface area contributed by atoms with Crippen LogP contribution in [0.4, 0.5) is 0 Å². The summed E-state index contributed by atoms with van der Waals surface area (Å²) < 4.78 is 0. The molecule has 19 heavy (non-hydrogen) atoms. The molecule has 0 bridgehead atoms. The molecule has 0 saturated carbocycles. The van der Waals surface area contributed by atoms with Gasteiger partial charge in [0.1, 0.15) is 12.4 Å². The first-order chi connectivity index (χ1) is 9.18. The Morgan fingerprint density at radius 1 is 1.00 bits per heavy atom. The largest absolute Gasteiger partial charge is 0.342 e. The number of nitrogens with one attached hydrogen (secondary N) is 2. The SMILES string of the molecule is [CH]C1NCCCCC(=O)CCCC(=O)OOCCN1. The van der Waals surface area contributed by atoms with E-state index in [1.54, 1.807) is 0 Å². The minimum Gasteiger partial charge on any atom is -0.302 e. The molecule has 1 atom stereocenters. The van der Waals surface area contributed by atoms with Crippen molar-refractivity contribution in [3.8, 4) is 0 Å². The Morgan fingerprint density at radius 2 is 1.74 bits per heavy atom. The molecule has 2 radical (unpaired) electrons. The zero-order chi connectivity index (χ0) is 13.9. The predicted molar refractivity (Wildman–Crippen MR) is 68.8 cm³/mol. The van der Waals surface area contributed by atoms with Crippen LogP contribution < -0.4 is 10.6 Å². The topological polar surface area (TPSA) is 76.7 Å². The van der Waals surface area contributed by atoms with Gasteiger partial charge in [-0.15, -0.1) is 0 Å². The van der Waals surface area contributed by atoms with Crippen molar-refractivity contribution in [3.63, 3.8) is 0 Å². The molecule has 0 amide bonds. The van der Waals surface area contributed by atoms with E-state index in [2.05, 4.69) is 15.5 Å². The molecular weight excluding hydrogens is 248 g/mol. The van der Waals surface area contributed by atoms with Crippen molar-refractivity contribution in [1.82, 2.24) is 10.6 Å². The number of rotatable bonds is 0. The van der Waals surface area contributed by atoms with Crippen molar-refractivity contribution in [2.24, 2.45) is 0 Å². The minimum atomic E-state index is -0.442. The number of carbonyl (C=O) groups is 2. The van der Waals surface area contributed by atoms with Crippen LogP contribution in [0.25, 0.3) is 0 Å². The predicted octanol–water partition coefficient (Wildman–Crippen LogP) is 0.601. The Morgan fingerprint density at radius 3 is 2.58 bits per heavy atom. The van der Waals surface area contributed by atoms with Crippen LogP contribution in [-0.2, 0) is 19.4 Å². The number of carbonyl (C=O) groups excluding carboxylic acids is 2. The van der Waals surface area contributed by atoms with Crippen molar-refractivity contribution in [2.75, 3.05) is 19.7 Å². The zero-order valence-electron chi connectivity index (χ0n) is 11.2. The van der Waals surface area contributed by atoms with Gasteiger partial charge < -0.3 is 5.32 Å². The lowest BCUT2D eigenvalue weighted by Crippen LogP contribution is -2.42. The summed E-state index contributed by atoms with van der Waals surface area (Å²) in [6.07, 6.45) is 3.11. The van der Waals surface area contributed by atoms with E-state index in [-0.39, 0.29) is 25.0 Å². The molecule has 108 valence electrons. The second kappa shape index (κ2) is 9.89. The molecule has 1 aliphatic rings. The third kappa shape index (κ3) is 8.69. The Kier molecular flexibility index (Phi) is 8.36. The van der Waals surface area contributed by atoms with Gasteiger partial charge in [-0.3, -0.25) is 15.0 Å². The summed E-state index contributed by atoms with van der Waals surface area (Å²) in [7, 11) is 0. The average molecular weight is 270 g/mol. The molecule has 2 N–H and O–H groups in total. The summed E-state index contributed by atoms with van der Waals surface area (Å²) in [5.41, 5.74) is 0. The Bertz CT molecular complexity index is 258. The molecule has 1 rings (SSSR count). The molecule has 0 spiro atoms. The number of hydrogen-bond acceptors (Lipinski definition) is 6. The van der Waals surface area contributed by atoms with Crippen LogP contribution in [0, 0.1) is 6.92 Å². The van der Waals surface area contributed by atoms with E-state index < -0.39 is 5.97 Å². The van der Waals surface area contributed by atoms with Gasteiger partial charge in [-0.05, 0) is 32.7 Å². The molecular formula is C13H22N2O4. The van der Waals surface area contributed by atoms with Gasteiger partial charge in [0.15, 0.2) is 0 Å². The molecule has 0 aromatic rings. The summed E-state index contributed by atoms with van der Waals surface area (Å²) in [5.74, 6) is -0.259. The average Bonchev–Trinajstić information content (AvgIpc) is 2.37. The van der Waals surface area contributed by atoms with Crippen LogP contribution >= 0.6 is 0 Å². The summed E-state index contributed by atoms with van der Waals surface area (Å²) in [6, 6.07) is 0. The lowest BCUT2D eigenvalue weighted by atomic mass is 10.1. The number of hydrogen-bond donors (Lipinski definition) is 2. The molecule has 6 heteroatoms. The molecule has 6 nitrogen and oxygen atoms in total. The van der Waals surface area contributed by atoms with Gasteiger partial charge in [0, 0.05) is 25.8 Å². The molecule has 1 aliphatic heterocycles. The fourth-order valence-electron chi connectivity index (χ4n) is 1.74. The van der Waals surface area contributed by atoms with E-state index in [0.29, 0.717) is 25.8 Å². The molecule has 1 unspecified atom stereocenters. The lowest BCUT2D eigenvalue weighted by Gasteiger charge is -2.15. The van der Waals surface area contributed by atoms with Gasteiger partial charge in [-0.1, -0.05) is 0 Å². The third-order valence-electron chi connectivity index (χ3n) is 2.78. The highest BCUT2D eigenvalue weighted by atomic mass is 17.2. The summed E-state index contributed by atoms with van der Waals surface area (Å²) in [4.78, 5) is 32.0. The van der Waals surface area contributed by atoms with Crippen LogP contribution in [0.2, 0.25) is 0 Å². The van der Waals surface area contributed by atoms with Gasteiger partial charge in [-0.25, -0.2) is 4.79 Å². The number of ketones is 1. The fraction of sp³-hybridized carbons (Fsp3) is 0.769. The molecule has 0 aromatic heterocycles. The smallest absolute Gasteiger partial charge is 0.302 e. The van der Waals surface area contributed by atoms with E-state index >= 15 is 0 Å². The normalized spacial score (nSPS) is 25.8. The molecule has 0 aromatic carbocycles. The Balaban J connectivity index is 2.30. The van der Waals surface area contributed by atoms with E-state index in [4.69, 9.17) is 11.8 Å². The second-order valence-corrected chi connectivity index (χ2v) is 4.51. The summed E-state index contributed by atoms with van der Waals surface area (Å²) in [6.45, 7) is 7.23. The molecule has 1 heterocycles. The van der Waals surface area contributed by atoms with Crippen molar-refractivity contribution in [2.45, 2.75) is 44.7 Å². The van der Waals surface area contributed by atoms with Crippen LogP contribution in [0.5, 0.6) is 0 Å². The Labute approximate surface area is 114 Å². The highest BCUT2D eigenvalue weighted by Gasteiger charge is 2.08. The Hall–Kier alpha value is -0.980. The van der Waals surface area contributed by atoms with Gasteiger partial charge in [0.05, 0.1) is 6.17 Å². The first-order valence-corrected chi connectivity index (χ1v) is 6.75. The van der Waals surface area contributed by atoms with Gasteiger partial charge >= 0.3 is 5.97 Å². The van der Waals surface area contributed by atoms with E-state index in [9.17, 15) is 9.59 Å².